The van der Waals surface area contributed by atoms with E-state index in [9.17, 15) is 22.8 Å². The van der Waals surface area contributed by atoms with Gasteiger partial charge < -0.3 is 9.88 Å². The number of halogens is 3. The monoisotopic (exact) mass is 503 g/mol. The summed E-state index contributed by atoms with van der Waals surface area (Å²) in [4.78, 5) is 29.4. The highest BCUT2D eigenvalue weighted by molar-refractivity contribution is 7.10. The third kappa shape index (κ3) is 5.96. The van der Waals surface area contributed by atoms with E-state index < -0.39 is 29.6 Å². The Morgan fingerprint density at radius 2 is 1.89 bits per heavy atom. The van der Waals surface area contributed by atoms with E-state index in [2.05, 4.69) is 5.32 Å². The maximum atomic E-state index is 13.7. The van der Waals surface area contributed by atoms with Gasteiger partial charge in [-0.3, -0.25) is 14.5 Å². The fraction of sp³-hybridized carbons (Fsp3) is 0.385. The van der Waals surface area contributed by atoms with Crippen LogP contribution in [0.4, 0.5) is 18.9 Å². The van der Waals surface area contributed by atoms with Gasteiger partial charge in [-0.05, 0) is 54.6 Å². The summed E-state index contributed by atoms with van der Waals surface area (Å²) in [6, 6.07) is 10.6. The van der Waals surface area contributed by atoms with Gasteiger partial charge in [-0.15, -0.1) is 11.3 Å². The molecule has 0 saturated heterocycles. The largest absolute Gasteiger partial charge is 0.416 e. The number of aromatic nitrogens is 1. The molecule has 0 radical (unpaired) electrons. The maximum Gasteiger partial charge on any atom is 0.416 e. The van der Waals surface area contributed by atoms with Crippen LogP contribution in [0.1, 0.15) is 54.3 Å². The molecule has 186 valence electrons. The normalized spacial score (nSPS) is 15.5. The lowest BCUT2D eigenvalue weighted by atomic mass is 9.95. The highest BCUT2D eigenvalue weighted by Crippen LogP contribution is 2.35. The smallest absolute Gasteiger partial charge is 0.352 e. The SMILES string of the molecule is Cn1cccc1[C@H](C(=O)NC1CCCCC1)N(C(=O)Cc1cccs1)c1cccc(C(F)(F)F)c1. The molecule has 1 fully saturated rings. The third-order valence-corrected chi connectivity index (χ3v) is 7.22. The van der Waals surface area contributed by atoms with Crippen LogP contribution in [-0.2, 0) is 29.2 Å². The molecule has 1 N–H and O–H groups in total. The molecule has 2 heterocycles. The molecule has 1 aromatic carbocycles. The minimum Gasteiger partial charge on any atom is -0.352 e. The molecule has 2 aromatic heterocycles. The fourth-order valence-electron chi connectivity index (χ4n) is 4.59. The quantitative estimate of drug-likeness (QED) is 0.438. The number of hydrogen-bond donors (Lipinski definition) is 1. The Hall–Kier alpha value is -3.07. The highest BCUT2D eigenvalue weighted by atomic mass is 32.1. The van der Waals surface area contributed by atoms with Gasteiger partial charge in [-0.25, -0.2) is 0 Å². The lowest BCUT2D eigenvalue weighted by Crippen LogP contribution is -2.48. The van der Waals surface area contributed by atoms with Gasteiger partial charge in [-0.1, -0.05) is 31.4 Å². The number of rotatable bonds is 7. The summed E-state index contributed by atoms with van der Waals surface area (Å²) in [6.45, 7) is 0. The average molecular weight is 504 g/mol. The van der Waals surface area contributed by atoms with E-state index in [1.54, 1.807) is 36.0 Å². The molecule has 2 amide bonds. The minimum atomic E-state index is -4.58. The van der Waals surface area contributed by atoms with Crippen molar-refractivity contribution in [1.82, 2.24) is 9.88 Å². The Morgan fingerprint density at radius 1 is 1.11 bits per heavy atom. The molecule has 5 nitrogen and oxygen atoms in total. The Morgan fingerprint density at radius 3 is 2.51 bits per heavy atom. The summed E-state index contributed by atoms with van der Waals surface area (Å²) >= 11 is 1.39. The number of carbonyl (C=O) groups is 2. The van der Waals surface area contributed by atoms with Crippen LogP contribution < -0.4 is 10.2 Å². The Kier molecular flexibility index (Phi) is 7.64. The molecule has 0 aliphatic heterocycles. The topological polar surface area (TPSA) is 54.3 Å². The summed E-state index contributed by atoms with van der Waals surface area (Å²) in [6.07, 6.45) is 1.97. The lowest BCUT2D eigenvalue weighted by molar-refractivity contribution is -0.137. The van der Waals surface area contributed by atoms with Crippen molar-refractivity contribution in [2.75, 3.05) is 4.90 Å². The fourth-order valence-corrected chi connectivity index (χ4v) is 5.28. The average Bonchev–Trinajstić information content (AvgIpc) is 3.49. The summed E-state index contributed by atoms with van der Waals surface area (Å²) in [7, 11) is 1.75. The van der Waals surface area contributed by atoms with Gasteiger partial charge in [0, 0.05) is 29.9 Å². The zero-order valence-electron chi connectivity index (χ0n) is 19.4. The van der Waals surface area contributed by atoms with Crippen molar-refractivity contribution in [2.24, 2.45) is 7.05 Å². The van der Waals surface area contributed by atoms with Crippen molar-refractivity contribution in [3.8, 4) is 0 Å². The maximum absolute atomic E-state index is 13.7. The molecule has 3 aromatic rings. The molecule has 1 aliphatic rings. The molecule has 9 heteroatoms. The number of nitrogens with one attached hydrogen (secondary N) is 1. The molecule has 1 saturated carbocycles. The van der Waals surface area contributed by atoms with E-state index in [1.165, 1.54) is 28.4 Å². The Balaban J connectivity index is 1.78. The minimum absolute atomic E-state index is 0.0187. The van der Waals surface area contributed by atoms with Crippen LogP contribution in [0.15, 0.2) is 60.1 Å². The van der Waals surface area contributed by atoms with Crippen molar-refractivity contribution in [3.05, 3.63) is 76.2 Å². The summed E-state index contributed by atoms with van der Waals surface area (Å²) in [5, 5.41) is 4.91. The van der Waals surface area contributed by atoms with Crippen LogP contribution in [0, 0.1) is 0 Å². The van der Waals surface area contributed by atoms with E-state index in [0.29, 0.717) is 5.69 Å². The summed E-state index contributed by atoms with van der Waals surface area (Å²) in [5.41, 5.74) is -0.316. The van der Waals surface area contributed by atoms with Gasteiger partial charge in [0.1, 0.15) is 0 Å². The number of amides is 2. The highest BCUT2D eigenvalue weighted by Gasteiger charge is 2.37. The summed E-state index contributed by atoms with van der Waals surface area (Å²) in [5.74, 6) is -0.840. The first kappa shape index (κ1) is 25.0. The molecule has 4 rings (SSSR count). The number of thiophene rings is 1. The van der Waals surface area contributed by atoms with Crippen LogP contribution in [0.25, 0.3) is 0 Å². The number of alkyl halides is 3. The van der Waals surface area contributed by atoms with Crippen LogP contribution >= 0.6 is 11.3 Å². The van der Waals surface area contributed by atoms with Gasteiger partial charge in [0.15, 0.2) is 6.04 Å². The molecule has 0 spiro atoms. The molecule has 1 atom stereocenters. The van der Waals surface area contributed by atoms with E-state index in [0.717, 1.165) is 49.1 Å². The van der Waals surface area contributed by atoms with Gasteiger partial charge in [0.05, 0.1) is 17.7 Å². The van der Waals surface area contributed by atoms with Crippen LogP contribution in [-0.4, -0.2) is 22.4 Å². The van der Waals surface area contributed by atoms with E-state index in [1.807, 2.05) is 11.4 Å². The zero-order valence-corrected chi connectivity index (χ0v) is 20.2. The van der Waals surface area contributed by atoms with Crippen LogP contribution in [0.2, 0.25) is 0 Å². The van der Waals surface area contributed by atoms with Crippen molar-refractivity contribution >= 4 is 28.8 Å². The van der Waals surface area contributed by atoms with Crippen molar-refractivity contribution < 1.29 is 22.8 Å². The second kappa shape index (κ2) is 10.7. The molecule has 35 heavy (non-hydrogen) atoms. The Bertz CT molecular complexity index is 1150. The predicted molar refractivity (Wildman–Crippen MR) is 130 cm³/mol. The number of benzene rings is 1. The van der Waals surface area contributed by atoms with Crippen molar-refractivity contribution in [1.29, 1.82) is 0 Å². The number of aryl methyl sites for hydroxylation is 1. The number of hydrogen-bond acceptors (Lipinski definition) is 3. The standard InChI is InChI=1S/C26H28F3N3O2S/c1-31-14-6-13-22(31)24(25(34)30-19-9-3-2-4-10-19)32(23(33)17-21-12-7-15-35-21)20-11-5-8-18(16-20)26(27,28)29/h5-8,11-16,19,24H,2-4,9-10,17H2,1H3,(H,30,34)/t24-/m1/s1. The van der Waals surface area contributed by atoms with Crippen molar-refractivity contribution in [2.45, 2.75) is 56.8 Å². The first-order valence-corrected chi connectivity index (χ1v) is 12.6. The van der Waals surface area contributed by atoms with E-state index >= 15 is 0 Å². The van der Waals surface area contributed by atoms with Crippen molar-refractivity contribution in [3.63, 3.8) is 0 Å². The number of carbonyl (C=O) groups excluding carboxylic acids is 2. The lowest BCUT2D eigenvalue weighted by Gasteiger charge is -2.33. The summed E-state index contributed by atoms with van der Waals surface area (Å²) < 4.78 is 42.4. The Labute approximate surface area is 206 Å². The predicted octanol–water partition coefficient (Wildman–Crippen LogP) is 5.87. The molecular formula is C26H28F3N3O2S. The molecular weight excluding hydrogens is 475 g/mol. The van der Waals surface area contributed by atoms with E-state index in [-0.39, 0.29) is 18.2 Å². The van der Waals surface area contributed by atoms with Gasteiger partial charge in [0.25, 0.3) is 0 Å². The first-order chi connectivity index (χ1) is 16.7. The second-order valence-corrected chi connectivity index (χ2v) is 9.89. The first-order valence-electron chi connectivity index (χ1n) is 11.7. The third-order valence-electron chi connectivity index (χ3n) is 6.35. The number of nitrogens with zero attached hydrogens (tertiary/aromatic N) is 2. The van der Waals surface area contributed by atoms with Gasteiger partial charge in [0.2, 0.25) is 11.8 Å². The molecule has 1 aliphatic carbocycles. The zero-order chi connectivity index (χ0) is 25.0. The van der Waals surface area contributed by atoms with E-state index in [4.69, 9.17) is 0 Å². The van der Waals surface area contributed by atoms with Crippen LogP contribution in [0.3, 0.4) is 0 Å². The molecule has 0 unspecified atom stereocenters. The second-order valence-electron chi connectivity index (χ2n) is 8.86. The van der Waals surface area contributed by atoms with Crippen LogP contribution in [0.5, 0.6) is 0 Å². The van der Waals surface area contributed by atoms with Gasteiger partial charge >= 0.3 is 6.18 Å². The molecule has 0 bridgehead atoms. The van der Waals surface area contributed by atoms with Gasteiger partial charge in [-0.2, -0.15) is 13.2 Å². The number of anilines is 1.